The van der Waals surface area contributed by atoms with Gasteiger partial charge in [-0.15, -0.1) is 0 Å². The number of rotatable bonds is 8. The van der Waals surface area contributed by atoms with E-state index < -0.39 is 27.8 Å². The highest BCUT2D eigenvalue weighted by molar-refractivity contribution is 7.89. The minimum Gasteiger partial charge on any atom is -0.495 e. The Morgan fingerprint density at radius 3 is 2.39 bits per heavy atom. The van der Waals surface area contributed by atoms with Gasteiger partial charge >= 0.3 is 0 Å². The van der Waals surface area contributed by atoms with Gasteiger partial charge in [-0.2, -0.15) is 4.72 Å². The first-order valence-corrected chi connectivity index (χ1v) is 11.1. The quantitative estimate of drug-likeness (QED) is 0.529. The van der Waals surface area contributed by atoms with Crippen molar-refractivity contribution in [3.05, 3.63) is 89.2 Å². The number of carbonyl (C=O) groups is 1. The van der Waals surface area contributed by atoms with Crippen LogP contribution in [0.2, 0.25) is 5.02 Å². The van der Waals surface area contributed by atoms with Gasteiger partial charge in [0.15, 0.2) is 0 Å². The highest BCUT2D eigenvalue weighted by Gasteiger charge is 2.27. The maximum absolute atomic E-state index is 14.0. The molecule has 0 aliphatic carbocycles. The third-order valence-electron chi connectivity index (χ3n) is 4.46. The van der Waals surface area contributed by atoms with Crippen LogP contribution in [0, 0.1) is 5.82 Å². The Labute approximate surface area is 185 Å². The third kappa shape index (κ3) is 5.81. The fourth-order valence-corrected chi connectivity index (χ4v) is 4.43. The van der Waals surface area contributed by atoms with Crippen molar-refractivity contribution in [3.63, 3.8) is 0 Å². The van der Waals surface area contributed by atoms with Crippen LogP contribution in [0.25, 0.3) is 0 Å². The van der Waals surface area contributed by atoms with Gasteiger partial charge < -0.3 is 10.1 Å². The molecule has 0 saturated heterocycles. The van der Waals surface area contributed by atoms with Crippen molar-refractivity contribution in [2.75, 3.05) is 12.4 Å². The molecule has 3 aromatic rings. The molecule has 0 aliphatic rings. The topological polar surface area (TPSA) is 84.5 Å². The number of carbonyl (C=O) groups excluding carboxylic acids is 1. The fourth-order valence-electron chi connectivity index (χ4n) is 2.89. The molecule has 0 bridgehead atoms. The lowest BCUT2D eigenvalue weighted by Crippen LogP contribution is -2.45. The average Bonchev–Trinajstić information content (AvgIpc) is 2.75. The first kappa shape index (κ1) is 22.7. The molecule has 9 heteroatoms. The summed E-state index contributed by atoms with van der Waals surface area (Å²) in [4.78, 5) is 12.8. The summed E-state index contributed by atoms with van der Waals surface area (Å²) in [5.74, 6) is -1.00. The van der Waals surface area contributed by atoms with Crippen molar-refractivity contribution in [2.24, 2.45) is 0 Å². The smallest absolute Gasteiger partial charge is 0.242 e. The molecule has 0 spiro atoms. The largest absolute Gasteiger partial charge is 0.495 e. The highest BCUT2D eigenvalue weighted by Crippen LogP contribution is 2.27. The molecule has 3 rings (SSSR count). The SMILES string of the molecule is COc1ccc(S(=O)(=O)N[C@H](Cc2ccccc2)C(=O)Nc2ccccc2F)cc1Cl. The molecule has 2 N–H and O–H groups in total. The molecule has 0 aromatic heterocycles. The number of ether oxygens (including phenoxy) is 1. The van der Waals surface area contributed by atoms with Gasteiger partial charge in [-0.05, 0) is 42.3 Å². The second kappa shape index (κ2) is 9.91. The van der Waals surface area contributed by atoms with E-state index >= 15 is 0 Å². The lowest BCUT2D eigenvalue weighted by atomic mass is 10.1. The molecule has 0 heterocycles. The summed E-state index contributed by atoms with van der Waals surface area (Å²) in [6, 6.07) is 17.3. The third-order valence-corrected chi connectivity index (χ3v) is 6.23. The van der Waals surface area contributed by atoms with E-state index in [2.05, 4.69) is 10.0 Å². The van der Waals surface area contributed by atoms with Crippen molar-refractivity contribution in [1.82, 2.24) is 4.72 Å². The second-order valence-electron chi connectivity index (χ2n) is 6.63. The van der Waals surface area contributed by atoms with Gasteiger partial charge in [0.05, 0.1) is 22.7 Å². The zero-order valence-electron chi connectivity index (χ0n) is 16.5. The number of amides is 1. The normalized spacial score (nSPS) is 12.2. The molecular formula is C22H20ClFN2O4S. The highest BCUT2D eigenvalue weighted by atomic mass is 35.5. The maximum atomic E-state index is 14.0. The number of nitrogens with one attached hydrogen (secondary N) is 2. The number of hydrogen-bond acceptors (Lipinski definition) is 4. The van der Waals surface area contributed by atoms with Crippen LogP contribution >= 0.6 is 11.6 Å². The molecule has 31 heavy (non-hydrogen) atoms. The molecule has 3 aromatic carbocycles. The van der Waals surface area contributed by atoms with E-state index in [4.69, 9.17) is 16.3 Å². The summed E-state index contributed by atoms with van der Waals surface area (Å²) in [7, 11) is -2.71. The standard InChI is InChI=1S/C22H20ClFN2O4S/c1-30-21-12-11-16(14-17(21)23)31(28,29)26-20(13-15-7-3-2-4-8-15)22(27)25-19-10-6-5-9-18(19)24/h2-12,14,20,26H,13H2,1H3,(H,25,27)/t20-/m1/s1. The fraction of sp³-hybridized carbons (Fsp3) is 0.136. The van der Waals surface area contributed by atoms with Crippen molar-refractivity contribution < 1.29 is 22.3 Å². The zero-order chi connectivity index (χ0) is 22.4. The van der Waals surface area contributed by atoms with Gasteiger partial charge in [-0.1, -0.05) is 54.1 Å². The van der Waals surface area contributed by atoms with E-state index in [0.29, 0.717) is 5.75 Å². The molecule has 0 fully saturated rings. The van der Waals surface area contributed by atoms with Crippen molar-refractivity contribution in [1.29, 1.82) is 0 Å². The Morgan fingerprint density at radius 2 is 1.74 bits per heavy atom. The van der Waals surface area contributed by atoms with Crippen molar-refractivity contribution in [3.8, 4) is 5.75 Å². The summed E-state index contributed by atoms with van der Waals surface area (Å²) in [5.41, 5.74) is 0.684. The summed E-state index contributed by atoms with van der Waals surface area (Å²) >= 11 is 6.05. The van der Waals surface area contributed by atoms with Crippen LogP contribution < -0.4 is 14.8 Å². The maximum Gasteiger partial charge on any atom is 0.242 e. The number of methoxy groups -OCH3 is 1. The van der Waals surface area contributed by atoms with Gasteiger partial charge in [0.1, 0.15) is 17.6 Å². The van der Waals surface area contributed by atoms with E-state index in [0.717, 1.165) is 5.56 Å². The molecule has 0 radical (unpaired) electrons. The lowest BCUT2D eigenvalue weighted by Gasteiger charge is -2.19. The molecule has 1 amide bonds. The molecule has 0 saturated carbocycles. The number of benzene rings is 3. The molecule has 0 unspecified atom stereocenters. The van der Waals surface area contributed by atoms with E-state index in [1.807, 2.05) is 0 Å². The van der Waals surface area contributed by atoms with Crippen LogP contribution in [-0.4, -0.2) is 27.5 Å². The van der Waals surface area contributed by atoms with Gasteiger partial charge in [0.25, 0.3) is 0 Å². The number of anilines is 1. The predicted octanol–water partition coefficient (Wildman–Crippen LogP) is 4.02. The number of sulfonamides is 1. The predicted molar refractivity (Wildman–Crippen MR) is 117 cm³/mol. The summed E-state index contributed by atoms with van der Waals surface area (Å²) in [6.07, 6.45) is 0.0598. The Hall–Kier alpha value is -2.94. The molecule has 162 valence electrons. The van der Waals surface area contributed by atoms with Crippen molar-refractivity contribution >= 4 is 33.2 Å². The van der Waals surface area contributed by atoms with Gasteiger partial charge in [-0.25, -0.2) is 12.8 Å². The monoisotopic (exact) mass is 462 g/mol. The number of para-hydroxylation sites is 1. The average molecular weight is 463 g/mol. The van der Waals surface area contributed by atoms with E-state index in [-0.39, 0.29) is 22.0 Å². The lowest BCUT2D eigenvalue weighted by molar-refractivity contribution is -0.117. The van der Waals surface area contributed by atoms with E-state index in [1.54, 1.807) is 36.4 Å². The van der Waals surface area contributed by atoms with Gasteiger partial charge in [0, 0.05) is 0 Å². The minimum atomic E-state index is -4.12. The first-order chi connectivity index (χ1) is 14.8. The van der Waals surface area contributed by atoms with E-state index in [1.165, 1.54) is 43.5 Å². The molecular weight excluding hydrogens is 443 g/mol. The summed E-state index contributed by atoms with van der Waals surface area (Å²) in [6.45, 7) is 0. The Balaban J connectivity index is 1.89. The van der Waals surface area contributed by atoms with Gasteiger partial charge in [-0.3, -0.25) is 4.79 Å². The number of halogens is 2. The van der Waals surface area contributed by atoms with Crippen LogP contribution in [0.1, 0.15) is 5.56 Å². The van der Waals surface area contributed by atoms with Crippen LogP contribution in [0.5, 0.6) is 5.75 Å². The molecule has 1 atom stereocenters. The minimum absolute atomic E-state index is 0.0442. The molecule has 6 nitrogen and oxygen atoms in total. The van der Waals surface area contributed by atoms with Gasteiger partial charge in [0.2, 0.25) is 15.9 Å². The zero-order valence-corrected chi connectivity index (χ0v) is 18.1. The van der Waals surface area contributed by atoms with Crippen LogP contribution in [0.3, 0.4) is 0 Å². The Bertz CT molecular complexity index is 1170. The van der Waals surface area contributed by atoms with Crippen molar-refractivity contribution in [2.45, 2.75) is 17.4 Å². The first-order valence-electron chi connectivity index (χ1n) is 9.25. The molecule has 0 aliphatic heterocycles. The second-order valence-corrected chi connectivity index (χ2v) is 8.75. The van der Waals surface area contributed by atoms with Crippen LogP contribution in [-0.2, 0) is 21.2 Å². The summed E-state index contributed by atoms with van der Waals surface area (Å²) in [5, 5.41) is 2.56. The van der Waals surface area contributed by atoms with Crippen LogP contribution in [0.4, 0.5) is 10.1 Å². The Morgan fingerprint density at radius 1 is 1.06 bits per heavy atom. The summed E-state index contributed by atoms with van der Waals surface area (Å²) < 4.78 is 47.3. The van der Waals surface area contributed by atoms with Crippen LogP contribution in [0.15, 0.2) is 77.7 Å². The Kier molecular flexibility index (Phi) is 7.27. The van der Waals surface area contributed by atoms with E-state index in [9.17, 15) is 17.6 Å². The number of hydrogen-bond donors (Lipinski definition) is 2.